The van der Waals surface area contributed by atoms with Crippen LogP contribution in [0.5, 0.6) is 5.75 Å². The van der Waals surface area contributed by atoms with Crippen LogP contribution in [-0.2, 0) is 11.2 Å². The summed E-state index contributed by atoms with van der Waals surface area (Å²) in [5.41, 5.74) is 0.927. The van der Waals surface area contributed by atoms with Gasteiger partial charge in [-0.1, -0.05) is 36.4 Å². The van der Waals surface area contributed by atoms with Crippen molar-refractivity contribution in [3.8, 4) is 5.75 Å². The van der Waals surface area contributed by atoms with Gasteiger partial charge in [-0.15, -0.1) is 0 Å². The first-order valence-electron chi connectivity index (χ1n) is 6.22. The minimum atomic E-state index is -1.05. The maximum Gasteiger partial charge on any atom is 0.311 e. The lowest BCUT2D eigenvalue weighted by Crippen LogP contribution is -2.16. The molecule has 0 bridgehead atoms. The minimum absolute atomic E-state index is 0.181. The van der Waals surface area contributed by atoms with Crippen molar-refractivity contribution in [2.45, 2.75) is 12.3 Å². The molecule has 3 nitrogen and oxygen atoms in total. The van der Waals surface area contributed by atoms with Crippen LogP contribution in [0.15, 0.2) is 48.5 Å². The van der Waals surface area contributed by atoms with Crippen molar-refractivity contribution in [2.24, 2.45) is 0 Å². The quantitative estimate of drug-likeness (QED) is 0.910. The molecule has 0 aliphatic carbocycles. The molecule has 1 unspecified atom stereocenters. The van der Waals surface area contributed by atoms with E-state index in [1.54, 1.807) is 36.4 Å². The number of ether oxygens (including phenoxy) is 1. The molecule has 2 aromatic rings. The second-order valence-electron chi connectivity index (χ2n) is 4.43. The molecule has 0 saturated heterocycles. The third kappa shape index (κ3) is 2.96. The SMILES string of the molecule is COc1ccccc1CC(C(=O)O)c1ccccc1F. The van der Waals surface area contributed by atoms with E-state index in [9.17, 15) is 14.3 Å². The number of rotatable bonds is 5. The average molecular weight is 274 g/mol. The predicted molar refractivity (Wildman–Crippen MR) is 73.5 cm³/mol. The summed E-state index contributed by atoms with van der Waals surface area (Å²) >= 11 is 0. The first kappa shape index (κ1) is 14.1. The molecular formula is C16H15FO3. The van der Waals surface area contributed by atoms with Crippen LogP contribution in [0, 0.1) is 5.82 Å². The van der Waals surface area contributed by atoms with Crippen molar-refractivity contribution in [1.29, 1.82) is 0 Å². The second-order valence-corrected chi connectivity index (χ2v) is 4.43. The van der Waals surface area contributed by atoms with Crippen molar-refractivity contribution in [2.75, 3.05) is 7.11 Å². The molecule has 0 radical (unpaired) electrons. The maximum absolute atomic E-state index is 13.8. The number of carbonyl (C=O) groups is 1. The summed E-state index contributed by atoms with van der Waals surface area (Å²) in [6, 6.07) is 13.1. The zero-order valence-corrected chi connectivity index (χ0v) is 11.0. The van der Waals surface area contributed by atoms with Crippen molar-refractivity contribution < 1.29 is 19.0 Å². The summed E-state index contributed by atoms with van der Waals surface area (Å²) in [5.74, 6) is -1.89. The molecule has 0 fully saturated rings. The molecule has 104 valence electrons. The van der Waals surface area contributed by atoms with E-state index >= 15 is 0 Å². The maximum atomic E-state index is 13.8. The highest BCUT2D eigenvalue weighted by Crippen LogP contribution is 2.28. The number of methoxy groups -OCH3 is 1. The van der Waals surface area contributed by atoms with Gasteiger partial charge < -0.3 is 9.84 Å². The van der Waals surface area contributed by atoms with Crippen LogP contribution in [0.2, 0.25) is 0 Å². The molecule has 0 amide bonds. The number of hydrogen-bond acceptors (Lipinski definition) is 2. The Morgan fingerprint density at radius 1 is 1.20 bits per heavy atom. The summed E-state index contributed by atoms with van der Waals surface area (Å²) in [4.78, 5) is 11.4. The number of carboxylic acid groups (broad SMARTS) is 1. The summed E-state index contributed by atoms with van der Waals surface area (Å²) in [6.45, 7) is 0. The van der Waals surface area contributed by atoms with Gasteiger partial charge in [-0.05, 0) is 24.1 Å². The first-order chi connectivity index (χ1) is 9.63. The Morgan fingerprint density at radius 3 is 2.50 bits per heavy atom. The average Bonchev–Trinajstić information content (AvgIpc) is 2.46. The lowest BCUT2D eigenvalue weighted by Gasteiger charge is -2.15. The number of aliphatic carboxylic acids is 1. The van der Waals surface area contributed by atoms with Gasteiger partial charge in [-0.2, -0.15) is 0 Å². The number of benzene rings is 2. The van der Waals surface area contributed by atoms with E-state index in [1.165, 1.54) is 19.2 Å². The standard InChI is InChI=1S/C16H15FO3/c1-20-15-9-5-2-6-11(15)10-13(16(18)19)12-7-3-4-8-14(12)17/h2-9,13H,10H2,1H3,(H,18,19). The molecule has 0 aliphatic rings. The zero-order valence-electron chi connectivity index (χ0n) is 11.0. The van der Waals surface area contributed by atoms with Crippen molar-refractivity contribution in [1.82, 2.24) is 0 Å². The van der Waals surface area contributed by atoms with E-state index in [1.807, 2.05) is 0 Å². The third-order valence-corrected chi connectivity index (χ3v) is 3.20. The molecule has 0 spiro atoms. The topological polar surface area (TPSA) is 46.5 Å². The van der Waals surface area contributed by atoms with Crippen molar-refractivity contribution in [3.05, 3.63) is 65.5 Å². The van der Waals surface area contributed by atoms with Crippen LogP contribution >= 0.6 is 0 Å². The largest absolute Gasteiger partial charge is 0.496 e. The van der Waals surface area contributed by atoms with Crippen LogP contribution in [0.25, 0.3) is 0 Å². The van der Waals surface area contributed by atoms with E-state index < -0.39 is 17.7 Å². The van der Waals surface area contributed by atoms with Crippen LogP contribution in [0.3, 0.4) is 0 Å². The minimum Gasteiger partial charge on any atom is -0.496 e. The van der Waals surface area contributed by atoms with E-state index in [-0.39, 0.29) is 12.0 Å². The monoisotopic (exact) mass is 274 g/mol. The van der Waals surface area contributed by atoms with Gasteiger partial charge in [-0.3, -0.25) is 4.79 Å². The highest BCUT2D eigenvalue weighted by Gasteiger charge is 2.24. The Balaban J connectivity index is 2.36. The zero-order chi connectivity index (χ0) is 14.5. The molecule has 0 saturated carbocycles. The normalized spacial score (nSPS) is 11.9. The van der Waals surface area contributed by atoms with Gasteiger partial charge in [-0.25, -0.2) is 4.39 Å². The molecule has 20 heavy (non-hydrogen) atoms. The van der Waals surface area contributed by atoms with Crippen LogP contribution < -0.4 is 4.74 Å². The molecule has 1 atom stereocenters. The summed E-state index contributed by atoms with van der Waals surface area (Å²) < 4.78 is 19.0. The number of hydrogen-bond donors (Lipinski definition) is 1. The third-order valence-electron chi connectivity index (χ3n) is 3.20. The molecule has 4 heteroatoms. The van der Waals surface area contributed by atoms with Gasteiger partial charge >= 0.3 is 5.97 Å². The molecule has 1 N–H and O–H groups in total. The number of para-hydroxylation sites is 1. The number of halogens is 1. The molecule has 0 aliphatic heterocycles. The highest BCUT2D eigenvalue weighted by atomic mass is 19.1. The summed E-state index contributed by atoms with van der Waals surface area (Å²) in [7, 11) is 1.53. The second kappa shape index (κ2) is 6.19. The fourth-order valence-corrected chi connectivity index (χ4v) is 2.18. The molecule has 0 aromatic heterocycles. The van der Waals surface area contributed by atoms with Gasteiger partial charge in [0.1, 0.15) is 11.6 Å². The van der Waals surface area contributed by atoms with Crippen LogP contribution in [0.4, 0.5) is 4.39 Å². The predicted octanol–water partition coefficient (Wildman–Crippen LogP) is 3.25. The Kier molecular flexibility index (Phi) is 4.35. The summed E-state index contributed by atoms with van der Waals surface area (Å²) in [6.07, 6.45) is 0.181. The fourth-order valence-electron chi connectivity index (χ4n) is 2.18. The van der Waals surface area contributed by atoms with Gasteiger partial charge in [0.2, 0.25) is 0 Å². The van der Waals surface area contributed by atoms with Gasteiger partial charge in [0, 0.05) is 5.56 Å². The molecular weight excluding hydrogens is 259 g/mol. The first-order valence-corrected chi connectivity index (χ1v) is 6.22. The Bertz CT molecular complexity index is 610. The molecule has 2 rings (SSSR count). The highest BCUT2D eigenvalue weighted by molar-refractivity contribution is 5.76. The fraction of sp³-hybridized carbons (Fsp3) is 0.188. The lowest BCUT2D eigenvalue weighted by molar-refractivity contribution is -0.138. The van der Waals surface area contributed by atoms with Crippen LogP contribution in [-0.4, -0.2) is 18.2 Å². The summed E-state index contributed by atoms with van der Waals surface area (Å²) in [5, 5.41) is 9.37. The molecule has 0 heterocycles. The van der Waals surface area contributed by atoms with Gasteiger partial charge in [0.15, 0.2) is 0 Å². The Labute approximate surface area is 116 Å². The van der Waals surface area contributed by atoms with E-state index in [0.29, 0.717) is 5.75 Å². The van der Waals surface area contributed by atoms with E-state index in [0.717, 1.165) is 5.56 Å². The smallest absolute Gasteiger partial charge is 0.311 e. The van der Waals surface area contributed by atoms with Crippen molar-refractivity contribution in [3.63, 3.8) is 0 Å². The van der Waals surface area contributed by atoms with E-state index in [4.69, 9.17) is 4.74 Å². The van der Waals surface area contributed by atoms with Crippen LogP contribution in [0.1, 0.15) is 17.0 Å². The Hall–Kier alpha value is -2.36. The van der Waals surface area contributed by atoms with Crippen molar-refractivity contribution >= 4 is 5.97 Å². The van der Waals surface area contributed by atoms with Gasteiger partial charge in [0.05, 0.1) is 13.0 Å². The Morgan fingerprint density at radius 2 is 1.85 bits per heavy atom. The molecule has 2 aromatic carbocycles. The number of carboxylic acids is 1. The van der Waals surface area contributed by atoms with Gasteiger partial charge in [0.25, 0.3) is 0 Å². The lowest BCUT2D eigenvalue weighted by atomic mass is 9.91. The van der Waals surface area contributed by atoms with E-state index in [2.05, 4.69) is 0 Å².